The molecule has 0 saturated heterocycles. The number of nitrogens with zero attached hydrogens (tertiary/aromatic N) is 3. The standard InChI is InChI=1S/C34H23N3/c1-2-13-28-27(12-1)29-14-3-4-17-33(29)37(26-11-9-10-24(22-26)31-15-5-7-20-35-31)34-23-25(18-19-30(28)34)32-16-6-8-21-36-32/h1-23H. The van der Waals surface area contributed by atoms with Crippen LogP contribution in [-0.4, -0.2) is 9.97 Å². The molecule has 7 rings (SSSR count). The van der Waals surface area contributed by atoms with Crippen LogP contribution in [0.25, 0.3) is 44.8 Å². The molecule has 0 spiro atoms. The van der Waals surface area contributed by atoms with E-state index < -0.39 is 0 Å². The maximum Gasteiger partial charge on any atom is 0.0702 e. The van der Waals surface area contributed by atoms with Crippen molar-refractivity contribution in [2.45, 2.75) is 0 Å². The fourth-order valence-electron chi connectivity index (χ4n) is 5.23. The summed E-state index contributed by atoms with van der Waals surface area (Å²) in [6, 6.07) is 44.7. The monoisotopic (exact) mass is 473 g/mol. The number of hydrogen-bond donors (Lipinski definition) is 0. The van der Waals surface area contributed by atoms with Gasteiger partial charge in [0.15, 0.2) is 0 Å². The maximum atomic E-state index is 4.63. The quantitative estimate of drug-likeness (QED) is 0.256. The zero-order valence-corrected chi connectivity index (χ0v) is 20.1. The van der Waals surface area contributed by atoms with Crippen LogP contribution >= 0.6 is 0 Å². The maximum absolute atomic E-state index is 4.63. The summed E-state index contributed by atoms with van der Waals surface area (Å²) < 4.78 is 0. The van der Waals surface area contributed by atoms with Crippen molar-refractivity contribution in [3.8, 4) is 44.8 Å². The van der Waals surface area contributed by atoms with E-state index in [0.29, 0.717) is 0 Å². The molecule has 0 bridgehead atoms. The molecule has 0 atom stereocenters. The van der Waals surface area contributed by atoms with Gasteiger partial charge in [0.1, 0.15) is 0 Å². The van der Waals surface area contributed by atoms with Gasteiger partial charge in [-0.25, -0.2) is 0 Å². The van der Waals surface area contributed by atoms with Crippen LogP contribution in [0.1, 0.15) is 0 Å². The Morgan fingerprint density at radius 3 is 1.68 bits per heavy atom. The Bertz CT molecular complexity index is 1730. The highest BCUT2D eigenvalue weighted by atomic mass is 15.1. The van der Waals surface area contributed by atoms with Crippen LogP contribution in [-0.2, 0) is 0 Å². The normalized spacial score (nSPS) is 11.7. The van der Waals surface area contributed by atoms with Crippen molar-refractivity contribution in [2.75, 3.05) is 4.90 Å². The summed E-state index contributed by atoms with van der Waals surface area (Å²) in [6.07, 6.45) is 3.69. The molecule has 0 N–H and O–H groups in total. The molecular weight excluding hydrogens is 450 g/mol. The minimum atomic E-state index is 0.957. The molecule has 1 aliphatic heterocycles. The van der Waals surface area contributed by atoms with Crippen molar-refractivity contribution in [2.24, 2.45) is 0 Å². The Labute approximate surface area is 216 Å². The largest absolute Gasteiger partial charge is 0.309 e. The minimum absolute atomic E-state index is 0.957. The summed E-state index contributed by atoms with van der Waals surface area (Å²) in [4.78, 5) is 11.6. The highest BCUT2D eigenvalue weighted by molar-refractivity contribution is 6.03. The fraction of sp³-hybridized carbons (Fsp3) is 0. The van der Waals surface area contributed by atoms with Crippen LogP contribution in [0.2, 0.25) is 0 Å². The van der Waals surface area contributed by atoms with Gasteiger partial charge in [-0.15, -0.1) is 0 Å². The molecule has 0 saturated carbocycles. The third-order valence-electron chi connectivity index (χ3n) is 6.92. The van der Waals surface area contributed by atoms with Crippen LogP contribution < -0.4 is 4.90 Å². The van der Waals surface area contributed by atoms with Crippen LogP contribution in [0.3, 0.4) is 0 Å². The molecule has 3 heterocycles. The molecule has 0 amide bonds. The molecule has 0 radical (unpaired) electrons. The molecule has 3 nitrogen and oxygen atoms in total. The Hall–Kier alpha value is -5.02. The summed E-state index contributed by atoms with van der Waals surface area (Å²) in [6.45, 7) is 0. The smallest absolute Gasteiger partial charge is 0.0702 e. The summed E-state index contributed by atoms with van der Waals surface area (Å²) in [5.74, 6) is 0. The third-order valence-corrected chi connectivity index (χ3v) is 6.92. The number of fused-ring (bicyclic) bond motifs is 5. The van der Waals surface area contributed by atoms with Gasteiger partial charge in [0, 0.05) is 40.3 Å². The van der Waals surface area contributed by atoms with Gasteiger partial charge in [0.25, 0.3) is 0 Å². The number of hydrogen-bond acceptors (Lipinski definition) is 3. The first-order valence-electron chi connectivity index (χ1n) is 12.4. The molecule has 37 heavy (non-hydrogen) atoms. The Balaban J connectivity index is 1.53. The van der Waals surface area contributed by atoms with Gasteiger partial charge in [0.05, 0.1) is 22.8 Å². The average molecular weight is 474 g/mol. The summed E-state index contributed by atoms with van der Waals surface area (Å²) in [5, 5.41) is 0. The van der Waals surface area contributed by atoms with Crippen LogP contribution in [0.15, 0.2) is 140 Å². The Morgan fingerprint density at radius 1 is 0.405 bits per heavy atom. The van der Waals surface area contributed by atoms with Crippen LogP contribution in [0, 0.1) is 0 Å². The Morgan fingerprint density at radius 2 is 1.00 bits per heavy atom. The molecule has 3 heteroatoms. The van der Waals surface area contributed by atoms with E-state index in [4.69, 9.17) is 0 Å². The van der Waals surface area contributed by atoms with Gasteiger partial charge in [-0.2, -0.15) is 0 Å². The first-order chi connectivity index (χ1) is 18.4. The van der Waals surface area contributed by atoms with E-state index in [0.717, 1.165) is 39.6 Å². The topological polar surface area (TPSA) is 29.0 Å². The lowest BCUT2D eigenvalue weighted by Gasteiger charge is -2.28. The van der Waals surface area contributed by atoms with E-state index in [1.165, 1.54) is 22.3 Å². The van der Waals surface area contributed by atoms with Crippen molar-refractivity contribution in [3.05, 3.63) is 140 Å². The number of para-hydroxylation sites is 1. The van der Waals surface area contributed by atoms with Crippen molar-refractivity contribution in [1.82, 2.24) is 9.97 Å². The molecule has 4 aromatic carbocycles. The second-order valence-corrected chi connectivity index (χ2v) is 9.11. The SMILES string of the molecule is c1ccc(-c2cccc(N3c4ccccc4-c4ccccc4-c4ccc(-c5ccccn5)cc43)c2)nc1. The zero-order chi connectivity index (χ0) is 24.6. The predicted octanol–water partition coefficient (Wildman–Crippen LogP) is 8.93. The number of benzene rings is 4. The molecule has 174 valence electrons. The third kappa shape index (κ3) is 3.69. The first kappa shape index (κ1) is 21.3. The number of rotatable bonds is 3. The number of aromatic nitrogens is 2. The second-order valence-electron chi connectivity index (χ2n) is 9.11. The van der Waals surface area contributed by atoms with Gasteiger partial charge in [-0.05, 0) is 59.7 Å². The molecule has 2 aromatic heterocycles. The average Bonchev–Trinajstić information content (AvgIpc) is 3.10. The van der Waals surface area contributed by atoms with Gasteiger partial charge in [-0.1, -0.05) is 78.9 Å². The molecule has 0 fully saturated rings. The number of pyridine rings is 2. The van der Waals surface area contributed by atoms with E-state index in [2.05, 4.69) is 118 Å². The number of anilines is 3. The van der Waals surface area contributed by atoms with E-state index >= 15 is 0 Å². The highest BCUT2D eigenvalue weighted by Crippen LogP contribution is 2.51. The zero-order valence-electron chi connectivity index (χ0n) is 20.1. The molecule has 6 aromatic rings. The summed E-state index contributed by atoms with van der Waals surface area (Å²) in [5.41, 5.74) is 12.3. The lowest BCUT2D eigenvalue weighted by molar-refractivity contribution is 1.28. The second kappa shape index (κ2) is 8.89. The van der Waals surface area contributed by atoms with Crippen LogP contribution in [0.5, 0.6) is 0 Å². The summed E-state index contributed by atoms with van der Waals surface area (Å²) in [7, 11) is 0. The van der Waals surface area contributed by atoms with E-state index in [-0.39, 0.29) is 0 Å². The van der Waals surface area contributed by atoms with Crippen molar-refractivity contribution < 1.29 is 0 Å². The first-order valence-corrected chi connectivity index (χ1v) is 12.4. The van der Waals surface area contributed by atoms with Gasteiger partial charge < -0.3 is 4.90 Å². The van der Waals surface area contributed by atoms with E-state index in [9.17, 15) is 0 Å². The molecule has 0 unspecified atom stereocenters. The van der Waals surface area contributed by atoms with E-state index in [1.54, 1.807) is 0 Å². The van der Waals surface area contributed by atoms with Gasteiger partial charge in [-0.3, -0.25) is 9.97 Å². The van der Waals surface area contributed by atoms with Gasteiger partial charge in [0.2, 0.25) is 0 Å². The predicted molar refractivity (Wildman–Crippen MR) is 152 cm³/mol. The molecular formula is C34H23N3. The van der Waals surface area contributed by atoms with Crippen molar-refractivity contribution >= 4 is 17.1 Å². The fourth-order valence-corrected chi connectivity index (χ4v) is 5.23. The van der Waals surface area contributed by atoms with Gasteiger partial charge >= 0.3 is 0 Å². The van der Waals surface area contributed by atoms with Crippen molar-refractivity contribution in [1.29, 1.82) is 0 Å². The lowest BCUT2D eigenvalue weighted by Crippen LogP contribution is -2.11. The lowest BCUT2D eigenvalue weighted by atomic mass is 9.94. The Kier molecular flexibility index (Phi) is 5.11. The summed E-state index contributed by atoms with van der Waals surface area (Å²) >= 11 is 0. The molecule has 1 aliphatic rings. The molecule has 0 aliphatic carbocycles. The van der Waals surface area contributed by atoms with Crippen molar-refractivity contribution in [3.63, 3.8) is 0 Å². The van der Waals surface area contributed by atoms with E-state index in [1.807, 2.05) is 36.7 Å². The van der Waals surface area contributed by atoms with Crippen LogP contribution in [0.4, 0.5) is 17.1 Å². The highest BCUT2D eigenvalue weighted by Gasteiger charge is 2.26. The minimum Gasteiger partial charge on any atom is -0.309 e.